The van der Waals surface area contributed by atoms with Crippen molar-refractivity contribution in [2.24, 2.45) is 5.92 Å². The molecule has 3 fully saturated rings. The van der Waals surface area contributed by atoms with Gasteiger partial charge in [-0.1, -0.05) is 54.5 Å². The van der Waals surface area contributed by atoms with E-state index < -0.39 is 77.3 Å². The number of epoxide rings is 1. The zero-order valence-corrected chi connectivity index (χ0v) is 38.1. The molecule has 2 aromatic rings. The minimum absolute atomic E-state index is 0.00441. The second-order valence-electron chi connectivity index (χ2n) is 17.3. The largest absolute Gasteiger partial charge is 0.495 e. The van der Waals surface area contributed by atoms with E-state index in [4.69, 9.17) is 40.1 Å². The lowest BCUT2D eigenvalue weighted by Crippen LogP contribution is -2.53. The molecule has 3 saturated heterocycles. The summed E-state index contributed by atoms with van der Waals surface area (Å²) in [5.41, 5.74) is 0.277. The fourth-order valence-electron chi connectivity index (χ4n) is 8.55. The van der Waals surface area contributed by atoms with Crippen molar-refractivity contribution in [3.8, 4) is 5.75 Å². The van der Waals surface area contributed by atoms with Gasteiger partial charge in [-0.05, 0) is 68.5 Å². The van der Waals surface area contributed by atoms with Crippen LogP contribution in [0.5, 0.6) is 5.75 Å². The van der Waals surface area contributed by atoms with Crippen molar-refractivity contribution >= 4 is 64.5 Å². The summed E-state index contributed by atoms with van der Waals surface area (Å²) in [5, 5.41) is 15.3. The summed E-state index contributed by atoms with van der Waals surface area (Å²) in [7, 11) is 4.50. The van der Waals surface area contributed by atoms with E-state index in [1.54, 1.807) is 69.4 Å². The van der Waals surface area contributed by atoms with Gasteiger partial charge in [-0.15, -0.1) is 5.06 Å². The van der Waals surface area contributed by atoms with Crippen LogP contribution in [-0.2, 0) is 65.4 Å². The molecular weight excluding hydrogens is 866 g/mol. The number of halogens is 1. The molecule has 350 valence electrons. The van der Waals surface area contributed by atoms with Crippen LogP contribution in [0.1, 0.15) is 89.7 Å². The van der Waals surface area contributed by atoms with Crippen LogP contribution in [0.4, 0.5) is 16.2 Å². The monoisotopic (exact) mass is 921 g/mol. The minimum atomic E-state index is -1.61. The molecule has 0 aliphatic carbocycles. The predicted molar refractivity (Wildman–Crippen MR) is 235 cm³/mol. The zero-order valence-electron chi connectivity index (χ0n) is 37.4. The summed E-state index contributed by atoms with van der Waals surface area (Å²) in [6.07, 6.45) is 1.76. The smallest absolute Gasteiger partial charge is 0.412 e. The maximum Gasteiger partial charge on any atom is 0.412 e. The lowest BCUT2D eigenvalue weighted by atomic mass is 9.78. The van der Waals surface area contributed by atoms with E-state index >= 15 is 0 Å². The van der Waals surface area contributed by atoms with Crippen molar-refractivity contribution in [3.63, 3.8) is 0 Å². The molecule has 65 heavy (non-hydrogen) atoms. The van der Waals surface area contributed by atoms with Gasteiger partial charge >= 0.3 is 18.0 Å². The van der Waals surface area contributed by atoms with Crippen LogP contribution in [0.25, 0.3) is 0 Å². The Morgan fingerprint density at radius 2 is 1.69 bits per heavy atom. The molecule has 6 rings (SSSR count). The first kappa shape index (κ1) is 48.8. The van der Waals surface area contributed by atoms with Crippen molar-refractivity contribution in [3.05, 3.63) is 76.3 Å². The number of carbonyl (C=O) groups is 7. The first-order valence-corrected chi connectivity index (χ1v) is 22.0. The van der Waals surface area contributed by atoms with Crippen LogP contribution in [0.3, 0.4) is 0 Å². The molecule has 4 amide bonds. The van der Waals surface area contributed by atoms with Gasteiger partial charge < -0.3 is 38.5 Å². The molecule has 4 bridgehead atoms. The number of ether oxygens (including phenoxy) is 5. The number of benzene rings is 2. The highest BCUT2D eigenvalue weighted by Gasteiger charge is 2.64. The molecule has 7 atom stereocenters. The SMILES string of the molecule is COc1cc2cc(c1Cl)N(C)C(=O)C[C@H](OC(=O)Nc1ccc(CC(=O)CCCCC(=O)ON3C(=O)CCC3=O)cc1)[C@]1(C)O[C@H]1[C@H](C)[C@@H]1C[C@@](O)(CC(=O)O1)[C@H](OC)/C=C/C=C(\C)C2. The molecule has 4 heterocycles. The molecule has 0 aromatic heterocycles. The second-order valence-corrected chi connectivity index (χ2v) is 17.7. The normalized spacial score (nSPS) is 28.4. The van der Waals surface area contributed by atoms with E-state index in [1.807, 2.05) is 13.0 Å². The molecule has 18 heteroatoms. The number of hydrogen-bond acceptors (Lipinski definition) is 14. The van der Waals surface area contributed by atoms with E-state index in [9.17, 15) is 38.7 Å². The third-order valence-corrected chi connectivity index (χ3v) is 12.7. The number of imide groups is 1. The van der Waals surface area contributed by atoms with Gasteiger partial charge in [-0.2, -0.15) is 0 Å². The van der Waals surface area contributed by atoms with E-state index in [2.05, 4.69) is 5.32 Å². The molecule has 4 aliphatic rings. The van der Waals surface area contributed by atoms with E-state index in [1.165, 1.54) is 19.1 Å². The number of rotatable bonds is 12. The number of amides is 4. The molecule has 2 N–H and O–H groups in total. The summed E-state index contributed by atoms with van der Waals surface area (Å²) in [6.45, 7) is 5.44. The zero-order chi connectivity index (χ0) is 47.2. The quantitative estimate of drug-likeness (QED) is 0.110. The molecule has 17 nitrogen and oxygen atoms in total. The number of carbonyl (C=O) groups excluding carboxylic acids is 7. The van der Waals surface area contributed by atoms with Crippen molar-refractivity contribution in [1.82, 2.24) is 5.06 Å². The van der Waals surface area contributed by atoms with Gasteiger partial charge in [0.2, 0.25) is 5.91 Å². The average Bonchev–Trinajstić information content (AvgIpc) is 3.86. The number of esters is 1. The maximum absolute atomic E-state index is 14.2. The van der Waals surface area contributed by atoms with E-state index in [-0.39, 0.29) is 62.2 Å². The number of methoxy groups -OCH3 is 2. The first-order valence-electron chi connectivity index (χ1n) is 21.6. The highest BCUT2D eigenvalue weighted by molar-refractivity contribution is 6.35. The van der Waals surface area contributed by atoms with E-state index in [0.29, 0.717) is 47.0 Å². The standard InChI is InChI=1S/C47H56ClN3O14/c1-27-10-9-12-36(61-6)47(59)25-35(62-42(57)26-47)28(2)44-46(3,64-44)37(24-40(55)50(4)33-22-30(20-27)23-34(60-5)43(33)48)63-45(58)49-31-16-14-29(15-17-31)21-32(52)11-7-8-13-41(56)65-51-38(53)18-19-39(51)54/h9-10,12,14-17,22-23,28,35-37,44,59H,7-8,11,13,18-21,24-26H2,1-6H3,(H,49,58)/b12-9+,27-10+/t28-,35+,36-,37+,44+,46+,47-/m1/s1. The van der Waals surface area contributed by atoms with Crippen molar-refractivity contribution in [2.75, 3.05) is 31.5 Å². The summed E-state index contributed by atoms with van der Waals surface area (Å²) in [5.74, 6) is -3.15. The Bertz CT molecular complexity index is 2230. The van der Waals surface area contributed by atoms with Crippen LogP contribution >= 0.6 is 11.6 Å². The van der Waals surface area contributed by atoms with Crippen molar-refractivity contribution < 1.29 is 67.2 Å². The number of allylic oxidation sites excluding steroid dienone is 3. The number of unbranched alkanes of at least 4 members (excludes halogenated alkanes) is 1. The molecule has 4 aliphatic heterocycles. The van der Waals surface area contributed by atoms with Gasteiger partial charge in [0.05, 0.1) is 31.7 Å². The number of ketones is 1. The number of aliphatic hydroxyl groups is 1. The van der Waals surface area contributed by atoms with Crippen LogP contribution in [-0.4, -0.2) is 109 Å². The summed E-state index contributed by atoms with van der Waals surface area (Å²) >= 11 is 6.78. The summed E-state index contributed by atoms with van der Waals surface area (Å²) < 4.78 is 29.4. The molecular formula is C47H56ClN3O14. The van der Waals surface area contributed by atoms with Gasteiger partial charge in [0.15, 0.2) is 0 Å². The second kappa shape index (κ2) is 20.7. The van der Waals surface area contributed by atoms with Gasteiger partial charge in [-0.3, -0.25) is 29.3 Å². The van der Waals surface area contributed by atoms with E-state index in [0.717, 1.165) is 11.1 Å². The highest BCUT2D eigenvalue weighted by atomic mass is 35.5. The van der Waals surface area contributed by atoms with Crippen molar-refractivity contribution in [2.45, 2.75) is 127 Å². The van der Waals surface area contributed by atoms with Gasteiger partial charge in [0.25, 0.3) is 11.8 Å². The third-order valence-electron chi connectivity index (χ3n) is 12.3. The maximum atomic E-state index is 14.2. The van der Waals surface area contributed by atoms with Gasteiger partial charge in [0, 0.05) is 64.3 Å². The molecule has 2 aromatic carbocycles. The number of anilines is 2. The number of nitrogens with zero attached hydrogens (tertiary/aromatic N) is 2. The number of fused-ring (bicyclic) bond motifs is 5. The number of nitrogens with one attached hydrogen (secondary N) is 1. The number of Topliss-reactive ketones (excluding diaryl/α,β-unsaturated/α-hetero) is 1. The Labute approximate surface area is 382 Å². The Morgan fingerprint density at radius 1 is 1.00 bits per heavy atom. The van der Waals surface area contributed by atoms with Gasteiger partial charge in [0.1, 0.15) is 46.1 Å². The summed E-state index contributed by atoms with van der Waals surface area (Å²) in [4.78, 5) is 95.2. The fraction of sp³-hybridized carbons (Fsp3) is 0.511. The lowest BCUT2D eigenvalue weighted by molar-refractivity contribution is -0.197. The van der Waals surface area contributed by atoms with Gasteiger partial charge in [-0.25, -0.2) is 9.59 Å². The van der Waals surface area contributed by atoms with Crippen LogP contribution in [0, 0.1) is 5.92 Å². The Kier molecular flexibility index (Phi) is 15.5. The number of hydrogen-bond donors (Lipinski definition) is 2. The molecule has 0 unspecified atom stereocenters. The van der Waals surface area contributed by atoms with Crippen molar-refractivity contribution in [1.29, 1.82) is 0 Å². The lowest BCUT2D eigenvalue weighted by Gasteiger charge is -2.41. The fourth-order valence-corrected chi connectivity index (χ4v) is 8.87. The molecule has 0 saturated carbocycles. The Morgan fingerprint density at radius 3 is 2.37 bits per heavy atom. The third kappa shape index (κ3) is 11.8. The summed E-state index contributed by atoms with van der Waals surface area (Å²) in [6, 6.07) is 10.1. The van der Waals surface area contributed by atoms with Crippen LogP contribution in [0.2, 0.25) is 5.02 Å². The minimum Gasteiger partial charge on any atom is -0.495 e. The molecule has 0 radical (unpaired) electrons. The highest BCUT2D eigenvalue weighted by Crippen LogP contribution is 2.50. The first-order chi connectivity index (χ1) is 30.8. The number of hydroxylamine groups is 2. The van der Waals surface area contributed by atoms with Crippen LogP contribution < -0.4 is 15.0 Å². The Balaban J connectivity index is 1.15. The predicted octanol–water partition coefficient (Wildman–Crippen LogP) is 5.90. The van der Waals surface area contributed by atoms with Crippen LogP contribution in [0.15, 0.2) is 60.2 Å². The topological polar surface area (TPSA) is 217 Å². The molecule has 0 spiro atoms. The Hall–Kier alpha value is -5.62. The average molecular weight is 922 g/mol.